The number of carbonyl (C=O) groups excluding carboxylic acids is 3. The van der Waals surface area contributed by atoms with Crippen molar-refractivity contribution in [2.24, 2.45) is 0 Å². The Balaban J connectivity index is 1.86. The summed E-state index contributed by atoms with van der Waals surface area (Å²) >= 11 is 0. The normalized spacial score (nSPS) is 19.2. The first kappa shape index (κ1) is 22.0. The van der Waals surface area contributed by atoms with Gasteiger partial charge in [-0.25, -0.2) is 9.97 Å². The van der Waals surface area contributed by atoms with E-state index >= 15 is 0 Å². The van der Waals surface area contributed by atoms with E-state index in [1.54, 1.807) is 16.8 Å². The van der Waals surface area contributed by atoms with E-state index in [-0.39, 0.29) is 30.3 Å². The molecule has 0 saturated carbocycles. The minimum atomic E-state index is -0.217. The molecule has 0 bridgehead atoms. The number of rotatable bonds is 6. The Bertz CT molecular complexity index is 812. The highest BCUT2D eigenvalue weighted by Crippen LogP contribution is 2.30. The van der Waals surface area contributed by atoms with Crippen LogP contribution >= 0.6 is 0 Å². The van der Waals surface area contributed by atoms with Crippen molar-refractivity contribution in [2.75, 3.05) is 45.7 Å². The van der Waals surface area contributed by atoms with Gasteiger partial charge in [0.25, 0.3) is 0 Å². The molecule has 0 aliphatic carbocycles. The third-order valence-corrected chi connectivity index (χ3v) is 5.80. The first-order valence-corrected chi connectivity index (χ1v) is 10.6. The Morgan fingerprint density at radius 2 is 1.90 bits per heavy atom. The molecule has 164 valence electrons. The van der Waals surface area contributed by atoms with Gasteiger partial charge in [-0.05, 0) is 25.7 Å². The van der Waals surface area contributed by atoms with Crippen LogP contribution in [0.25, 0.3) is 0 Å². The maximum absolute atomic E-state index is 13.1. The summed E-state index contributed by atoms with van der Waals surface area (Å²) in [4.78, 5) is 53.2. The zero-order valence-corrected chi connectivity index (χ0v) is 18.4. The highest BCUT2D eigenvalue weighted by Gasteiger charge is 2.33. The lowest BCUT2D eigenvalue weighted by Gasteiger charge is -2.36. The molecule has 3 amide bonds. The molecular weight excluding hydrogens is 384 g/mol. The second kappa shape index (κ2) is 9.40. The van der Waals surface area contributed by atoms with E-state index in [9.17, 15) is 14.4 Å². The van der Waals surface area contributed by atoms with E-state index in [4.69, 9.17) is 9.97 Å². The summed E-state index contributed by atoms with van der Waals surface area (Å²) in [5.41, 5.74) is 0.745. The molecule has 1 unspecified atom stereocenters. The molecule has 0 radical (unpaired) electrons. The summed E-state index contributed by atoms with van der Waals surface area (Å²) in [5.74, 6) is 1.33. The van der Waals surface area contributed by atoms with Gasteiger partial charge in [0.05, 0.1) is 24.8 Å². The van der Waals surface area contributed by atoms with Crippen LogP contribution in [0.5, 0.6) is 0 Å². The van der Waals surface area contributed by atoms with Crippen LogP contribution < -0.4 is 4.90 Å². The number of nitrogens with zero attached hydrogens (tertiary/aromatic N) is 6. The fourth-order valence-corrected chi connectivity index (χ4v) is 3.94. The van der Waals surface area contributed by atoms with Crippen LogP contribution in [0.2, 0.25) is 0 Å². The van der Waals surface area contributed by atoms with Gasteiger partial charge in [0.2, 0.25) is 17.7 Å². The van der Waals surface area contributed by atoms with Gasteiger partial charge in [0.1, 0.15) is 5.82 Å². The van der Waals surface area contributed by atoms with Crippen LogP contribution in [0.1, 0.15) is 56.6 Å². The number of anilines is 1. The molecule has 1 aromatic rings. The minimum Gasteiger partial charge on any atom is -0.363 e. The van der Waals surface area contributed by atoms with Crippen molar-refractivity contribution in [2.45, 2.75) is 51.6 Å². The summed E-state index contributed by atoms with van der Waals surface area (Å²) in [7, 11) is 5.56. The van der Waals surface area contributed by atoms with Crippen molar-refractivity contribution in [1.29, 1.82) is 0 Å². The molecule has 0 aromatic carbocycles. The quantitative estimate of drug-likeness (QED) is 0.692. The number of carbonyl (C=O) groups is 3. The average Bonchev–Trinajstić information content (AvgIpc) is 3.12. The van der Waals surface area contributed by atoms with E-state index in [0.29, 0.717) is 31.9 Å². The van der Waals surface area contributed by atoms with Crippen molar-refractivity contribution in [3.63, 3.8) is 0 Å². The maximum Gasteiger partial charge on any atom is 0.242 e. The fraction of sp³-hybridized carbons (Fsp3) is 0.667. The number of likely N-dealkylation sites (tertiary alicyclic amines) is 2. The van der Waals surface area contributed by atoms with Crippen LogP contribution in [-0.2, 0) is 20.9 Å². The molecule has 9 nitrogen and oxygen atoms in total. The summed E-state index contributed by atoms with van der Waals surface area (Å²) < 4.78 is 0. The van der Waals surface area contributed by atoms with Gasteiger partial charge in [-0.15, -0.1) is 0 Å². The number of hydrogen-bond acceptors (Lipinski definition) is 6. The Morgan fingerprint density at radius 1 is 1.13 bits per heavy atom. The molecule has 2 saturated heterocycles. The molecule has 0 N–H and O–H groups in total. The monoisotopic (exact) mass is 416 g/mol. The number of aromatic nitrogens is 2. The van der Waals surface area contributed by atoms with Crippen LogP contribution in [-0.4, -0.2) is 83.2 Å². The van der Waals surface area contributed by atoms with Crippen molar-refractivity contribution < 1.29 is 14.4 Å². The molecule has 9 heteroatoms. The second-order valence-electron chi connectivity index (χ2n) is 8.36. The number of hydrogen-bond donors (Lipinski definition) is 0. The molecule has 1 atom stereocenters. The summed E-state index contributed by atoms with van der Waals surface area (Å²) in [6, 6.07) is 1.66. The maximum atomic E-state index is 13.1. The first-order valence-electron chi connectivity index (χ1n) is 10.6. The van der Waals surface area contributed by atoms with Gasteiger partial charge in [-0.2, -0.15) is 0 Å². The van der Waals surface area contributed by atoms with Crippen molar-refractivity contribution in [3.05, 3.63) is 17.6 Å². The molecule has 30 heavy (non-hydrogen) atoms. The van der Waals surface area contributed by atoms with Crippen LogP contribution in [0.3, 0.4) is 0 Å². The summed E-state index contributed by atoms with van der Waals surface area (Å²) in [6.45, 7) is 3.33. The third kappa shape index (κ3) is 5.06. The van der Waals surface area contributed by atoms with Gasteiger partial charge >= 0.3 is 0 Å². The fourth-order valence-electron chi connectivity index (χ4n) is 3.94. The van der Waals surface area contributed by atoms with Gasteiger partial charge in [-0.3, -0.25) is 14.4 Å². The molecule has 1 aromatic heterocycles. The van der Waals surface area contributed by atoms with Gasteiger partial charge in [-0.1, -0.05) is 0 Å². The Labute approximate surface area is 178 Å². The molecule has 3 rings (SSSR count). The lowest BCUT2D eigenvalue weighted by Crippen LogP contribution is -2.45. The lowest BCUT2D eigenvalue weighted by atomic mass is 10.0. The van der Waals surface area contributed by atoms with Crippen LogP contribution in [0.15, 0.2) is 6.07 Å². The zero-order valence-electron chi connectivity index (χ0n) is 18.4. The molecule has 2 fully saturated rings. The van der Waals surface area contributed by atoms with Gasteiger partial charge in [0, 0.05) is 53.6 Å². The SMILES string of the molecule is CC(=O)N(C)Cc1cc(N(C)C)nc(C2CCCCN2C(=O)CN2CCCC2=O)n1. The minimum absolute atomic E-state index is 0.0358. The molecule has 2 aliphatic rings. The molecular formula is C21H32N6O3. The molecule has 3 heterocycles. The van der Waals surface area contributed by atoms with E-state index in [2.05, 4.69) is 0 Å². The summed E-state index contributed by atoms with van der Waals surface area (Å²) in [5, 5.41) is 0. The first-order chi connectivity index (χ1) is 14.3. The Hall–Kier alpha value is -2.71. The van der Waals surface area contributed by atoms with Crippen molar-refractivity contribution in [1.82, 2.24) is 24.7 Å². The largest absolute Gasteiger partial charge is 0.363 e. The number of piperidine rings is 1. The van der Waals surface area contributed by atoms with Crippen LogP contribution in [0, 0.1) is 0 Å². The zero-order chi connectivity index (χ0) is 21.8. The molecule has 0 spiro atoms. The Kier molecular flexibility index (Phi) is 6.89. The predicted octanol–water partition coefficient (Wildman–Crippen LogP) is 1.20. The molecule has 2 aliphatic heterocycles. The van der Waals surface area contributed by atoms with E-state index in [0.717, 1.165) is 37.2 Å². The number of amides is 3. The smallest absolute Gasteiger partial charge is 0.242 e. The van der Waals surface area contributed by atoms with Crippen molar-refractivity contribution in [3.8, 4) is 0 Å². The highest BCUT2D eigenvalue weighted by atomic mass is 16.2. The topological polar surface area (TPSA) is 90.0 Å². The van der Waals surface area contributed by atoms with Crippen LogP contribution in [0.4, 0.5) is 5.82 Å². The predicted molar refractivity (Wildman–Crippen MR) is 113 cm³/mol. The highest BCUT2D eigenvalue weighted by molar-refractivity contribution is 5.86. The van der Waals surface area contributed by atoms with E-state index in [1.807, 2.05) is 30.0 Å². The van der Waals surface area contributed by atoms with E-state index < -0.39 is 0 Å². The second-order valence-corrected chi connectivity index (χ2v) is 8.36. The van der Waals surface area contributed by atoms with Crippen molar-refractivity contribution >= 4 is 23.5 Å². The lowest BCUT2D eigenvalue weighted by molar-refractivity contribution is -0.141. The van der Waals surface area contributed by atoms with Gasteiger partial charge in [0.15, 0.2) is 5.82 Å². The van der Waals surface area contributed by atoms with E-state index in [1.165, 1.54) is 6.92 Å². The van der Waals surface area contributed by atoms with Gasteiger partial charge < -0.3 is 19.6 Å². The third-order valence-electron chi connectivity index (χ3n) is 5.80. The standard InChI is InChI=1S/C21H32N6O3/c1-15(28)25(4)13-16-12-18(24(2)3)23-21(22-16)17-8-5-6-11-27(17)20(30)14-26-10-7-9-19(26)29/h12,17H,5-11,13-14H2,1-4H3. The Morgan fingerprint density at radius 3 is 2.53 bits per heavy atom. The average molecular weight is 417 g/mol. The summed E-state index contributed by atoms with van der Waals surface area (Å²) in [6.07, 6.45) is 4.06.